The predicted molar refractivity (Wildman–Crippen MR) is 113 cm³/mol. The van der Waals surface area contributed by atoms with Crippen LogP contribution in [-0.4, -0.2) is 32.6 Å². The molecular weight excluding hydrogens is 363 g/mol. The Kier molecular flexibility index (Phi) is 4.82. The van der Waals surface area contributed by atoms with Crippen molar-refractivity contribution in [3.8, 4) is 22.4 Å². The van der Waals surface area contributed by atoms with Crippen LogP contribution in [0.1, 0.15) is 25.0 Å². The van der Waals surface area contributed by atoms with Crippen molar-refractivity contribution in [3.63, 3.8) is 0 Å². The van der Waals surface area contributed by atoms with Crippen molar-refractivity contribution in [1.29, 1.82) is 0 Å². The maximum atomic E-state index is 13.5. The van der Waals surface area contributed by atoms with Crippen LogP contribution in [0.4, 0.5) is 4.39 Å². The molecule has 4 aromatic rings. The predicted octanol–water partition coefficient (Wildman–Crippen LogP) is 5.19. The minimum Gasteiger partial charge on any atom is -0.298 e. The van der Waals surface area contributed by atoms with Crippen LogP contribution in [0, 0.1) is 5.82 Å². The molecule has 0 saturated carbocycles. The number of fused-ring (bicyclic) bond motifs is 1. The Morgan fingerprint density at radius 2 is 1.59 bits per heavy atom. The number of piperidine rings is 1. The summed E-state index contributed by atoms with van der Waals surface area (Å²) in [5.41, 5.74) is 6.12. The van der Waals surface area contributed by atoms with Crippen LogP contribution in [0.2, 0.25) is 0 Å². The van der Waals surface area contributed by atoms with Gasteiger partial charge in [0.25, 0.3) is 0 Å². The molecule has 29 heavy (non-hydrogen) atoms. The van der Waals surface area contributed by atoms with Gasteiger partial charge in [-0.15, -0.1) is 0 Å². The van der Waals surface area contributed by atoms with E-state index < -0.39 is 0 Å². The van der Waals surface area contributed by atoms with Crippen LogP contribution in [0.5, 0.6) is 0 Å². The van der Waals surface area contributed by atoms with Gasteiger partial charge in [-0.25, -0.2) is 8.91 Å². The number of pyridine rings is 2. The van der Waals surface area contributed by atoms with Crippen LogP contribution in [-0.2, 0) is 6.54 Å². The van der Waals surface area contributed by atoms with Gasteiger partial charge < -0.3 is 0 Å². The molecule has 5 heteroatoms. The normalized spacial score (nSPS) is 15.1. The van der Waals surface area contributed by atoms with Crippen LogP contribution in [0.15, 0.2) is 67.0 Å². The number of nitrogens with zero attached hydrogens (tertiary/aromatic N) is 4. The third kappa shape index (κ3) is 3.54. The number of rotatable bonds is 4. The van der Waals surface area contributed by atoms with Crippen LogP contribution in [0.3, 0.4) is 0 Å². The van der Waals surface area contributed by atoms with Crippen molar-refractivity contribution in [2.75, 3.05) is 13.1 Å². The molecule has 0 aliphatic carbocycles. The zero-order valence-electron chi connectivity index (χ0n) is 16.3. The highest BCUT2D eigenvalue weighted by molar-refractivity contribution is 5.92. The SMILES string of the molecule is Fc1ccc(-c2nn3c(CN4CCCCC4)cccc3c2-c2ccncc2)cc1. The molecule has 0 bridgehead atoms. The van der Waals surface area contributed by atoms with Gasteiger partial charge >= 0.3 is 0 Å². The van der Waals surface area contributed by atoms with Crippen molar-refractivity contribution in [3.05, 3.63) is 78.5 Å². The first-order valence-corrected chi connectivity index (χ1v) is 10.2. The molecule has 1 fully saturated rings. The Hall–Kier alpha value is -3.05. The standard InChI is InChI=1S/C24H23FN4/c25-20-9-7-19(8-10-20)24-23(18-11-13-26-14-12-18)22-6-4-5-21(29(22)27-24)17-28-15-2-1-3-16-28/h4-14H,1-3,15-17H2. The first-order chi connectivity index (χ1) is 14.3. The van der Waals surface area contributed by atoms with E-state index >= 15 is 0 Å². The number of hydrogen-bond donors (Lipinski definition) is 0. The number of aromatic nitrogens is 3. The van der Waals surface area contributed by atoms with E-state index in [0.29, 0.717) is 0 Å². The average Bonchev–Trinajstić information content (AvgIpc) is 3.16. The van der Waals surface area contributed by atoms with E-state index in [1.165, 1.54) is 37.1 Å². The van der Waals surface area contributed by atoms with Crippen LogP contribution >= 0.6 is 0 Å². The molecule has 1 aliphatic heterocycles. The summed E-state index contributed by atoms with van der Waals surface area (Å²) in [6, 6.07) is 16.9. The molecular formula is C24H23FN4. The van der Waals surface area contributed by atoms with Gasteiger partial charge in [-0.05, 0) is 80.0 Å². The smallest absolute Gasteiger partial charge is 0.123 e. The fourth-order valence-electron chi connectivity index (χ4n) is 4.20. The first kappa shape index (κ1) is 18.0. The maximum Gasteiger partial charge on any atom is 0.123 e. The summed E-state index contributed by atoms with van der Waals surface area (Å²) in [4.78, 5) is 6.66. The number of hydrogen-bond acceptors (Lipinski definition) is 3. The monoisotopic (exact) mass is 386 g/mol. The van der Waals surface area contributed by atoms with Crippen LogP contribution < -0.4 is 0 Å². The summed E-state index contributed by atoms with van der Waals surface area (Å²) >= 11 is 0. The molecule has 1 aromatic carbocycles. The summed E-state index contributed by atoms with van der Waals surface area (Å²) in [5.74, 6) is -0.242. The lowest BCUT2D eigenvalue weighted by Gasteiger charge is -2.26. The first-order valence-electron chi connectivity index (χ1n) is 10.2. The molecule has 5 rings (SSSR count). The van der Waals surface area contributed by atoms with Crippen molar-refractivity contribution in [2.45, 2.75) is 25.8 Å². The Balaban J connectivity index is 1.68. The summed E-state index contributed by atoms with van der Waals surface area (Å²) in [7, 11) is 0. The molecule has 0 atom stereocenters. The molecule has 1 saturated heterocycles. The number of likely N-dealkylation sites (tertiary alicyclic amines) is 1. The van der Waals surface area contributed by atoms with E-state index in [4.69, 9.17) is 5.10 Å². The second-order valence-electron chi connectivity index (χ2n) is 7.62. The fraction of sp³-hybridized carbons (Fsp3) is 0.250. The van der Waals surface area contributed by atoms with Gasteiger partial charge in [0.15, 0.2) is 0 Å². The van der Waals surface area contributed by atoms with Crippen molar-refractivity contribution >= 4 is 5.52 Å². The molecule has 0 amide bonds. The highest BCUT2D eigenvalue weighted by Crippen LogP contribution is 2.35. The van der Waals surface area contributed by atoms with E-state index in [9.17, 15) is 4.39 Å². The van der Waals surface area contributed by atoms with E-state index in [-0.39, 0.29) is 5.82 Å². The maximum absolute atomic E-state index is 13.5. The van der Waals surface area contributed by atoms with Crippen molar-refractivity contribution < 1.29 is 4.39 Å². The largest absolute Gasteiger partial charge is 0.298 e. The topological polar surface area (TPSA) is 33.4 Å². The molecule has 4 heterocycles. The number of benzene rings is 1. The second kappa shape index (κ2) is 7.76. The van der Waals surface area contributed by atoms with Crippen molar-refractivity contribution in [2.24, 2.45) is 0 Å². The highest BCUT2D eigenvalue weighted by Gasteiger charge is 2.19. The fourth-order valence-corrected chi connectivity index (χ4v) is 4.20. The van der Waals surface area contributed by atoms with E-state index in [2.05, 4.69) is 32.6 Å². The Morgan fingerprint density at radius 3 is 2.34 bits per heavy atom. The molecule has 146 valence electrons. The van der Waals surface area contributed by atoms with Gasteiger partial charge in [-0.2, -0.15) is 5.10 Å². The lowest BCUT2D eigenvalue weighted by molar-refractivity contribution is 0.217. The minimum atomic E-state index is -0.242. The third-order valence-electron chi connectivity index (χ3n) is 5.66. The Bertz CT molecular complexity index is 1110. The zero-order chi connectivity index (χ0) is 19.6. The van der Waals surface area contributed by atoms with E-state index in [1.54, 1.807) is 24.5 Å². The lowest BCUT2D eigenvalue weighted by Crippen LogP contribution is -2.29. The van der Waals surface area contributed by atoms with Gasteiger partial charge in [0, 0.05) is 30.1 Å². The van der Waals surface area contributed by atoms with Crippen LogP contribution in [0.25, 0.3) is 27.9 Å². The summed E-state index contributed by atoms with van der Waals surface area (Å²) in [5, 5.41) is 5.00. The average molecular weight is 386 g/mol. The van der Waals surface area contributed by atoms with Crippen molar-refractivity contribution in [1.82, 2.24) is 19.5 Å². The molecule has 3 aromatic heterocycles. The molecule has 1 aliphatic rings. The van der Waals surface area contributed by atoms with Gasteiger partial charge in [0.2, 0.25) is 0 Å². The van der Waals surface area contributed by atoms with E-state index in [0.717, 1.165) is 47.5 Å². The second-order valence-corrected chi connectivity index (χ2v) is 7.62. The van der Waals surface area contributed by atoms with E-state index in [1.807, 2.05) is 12.1 Å². The van der Waals surface area contributed by atoms with Gasteiger partial charge in [-0.1, -0.05) is 12.5 Å². The molecule has 0 N–H and O–H groups in total. The van der Waals surface area contributed by atoms with Gasteiger partial charge in [0.05, 0.1) is 11.2 Å². The van der Waals surface area contributed by atoms with Gasteiger partial charge in [0.1, 0.15) is 11.5 Å². The Labute approximate surface area is 169 Å². The molecule has 0 unspecified atom stereocenters. The zero-order valence-corrected chi connectivity index (χ0v) is 16.3. The third-order valence-corrected chi connectivity index (χ3v) is 5.66. The molecule has 0 spiro atoms. The minimum absolute atomic E-state index is 0.242. The summed E-state index contributed by atoms with van der Waals surface area (Å²) in [6.45, 7) is 3.16. The Morgan fingerprint density at radius 1 is 0.828 bits per heavy atom. The summed E-state index contributed by atoms with van der Waals surface area (Å²) < 4.78 is 15.6. The lowest BCUT2D eigenvalue weighted by atomic mass is 10.0. The quantitative estimate of drug-likeness (QED) is 0.484. The highest BCUT2D eigenvalue weighted by atomic mass is 19.1. The molecule has 4 nitrogen and oxygen atoms in total. The van der Waals surface area contributed by atoms with Gasteiger partial charge in [-0.3, -0.25) is 9.88 Å². The number of halogens is 1. The molecule has 0 radical (unpaired) electrons. The summed E-state index contributed by atoms with van der Waals surface area (Å²) in [6.07, 6.45) is 7.44.